The van der Waals surface area contributed by atoms with E-state index in [0.29, 0.717) is 23.8 Å². The van der Waals surface area contributed by atoms with E-state index in [-0.39, 0.29) is 24.1 Å². The average Bonchev–Trinajstić information content (AvgIpc) is 3.20. The third kappa shape index (κ3) is 3.67. The topological polar surface area (TPSA) is 90.0 Å². The SMILES string of the molecule is CCc1nnc(-c2ccc(=O)n(CC(=O)NC3CCCC3)c2)o1. The molecule has 0 radical (unpaired) electrons. The van der Waals surface area contributed by atoms with E-state index in [4.69, 9.17) is 4.42 Å². The summed E-state index contributed by atoms with van der Waals surface area (Å²) < 4.78 is 6.86. The van der Waals surface area contributed by atoms with Gasteiger partial charge in [0.05, 0.1) is 5.56 Å². The van der Waals surface area contributed by atoms with Crippen molar-refractivity contribution < 1.29 is 9.21 Å². The van der Waals surface area contributed by atoms with Crippen LogP contribution in [0.25, 0.3) is 11.5 Å². The summed E-state index contributed by atoms with van der Waals surface area (Å²) in [5.74, 6) is 0.749. The summed E-state index contributed by atoms with van der Waals surface area (Å²) in [6.45, 7) is 1.92. The summed E-state index contributed by atoms with van der Waals surface area (Å²) >= 11 is 0. The van der Waals surface area contributed by atoms with Gasteiger partial charge in [-0.3, -0.25) is 9.59 Å². The number of rotatable bonds is 5. The summed E-state index contributed by atoms with van der Waals surface area (Å²) in [6, 6.07) is 3.28. The van der Waals surface area contributed by atoms with Crippen LogP contribution in [0.4, 0.5) is 0 Å². The summed E-state index contributed by atoms with van der Waals surface area (Å²) in [5, 5.41) is 10.8. The van der Waals surface area contributed by atoms with Crippen molar-refractivity contribution in [1.29, 1.82) is 0 Å². The largest absolute Gasteiger partial charge is 0.421 e. The van der Waals surface area contributed by atoms with Gasteiger partial charge in [0.2, 0.25) is 17.7 Å². The van der Waals surface area contributed by atoms with Gasteiger partial charge in [0.1, 0.15) is 6.54 Å². The number of carbonyl (C=O) groups excluding carboxylic acids is 1. The minimum absolute atomic E-state index is 0.00204. The fourth-order valence-electron chi connectivity index (χ4n) is 2.79. The Morgan fingerprint density at radius 3 is 2.83 bits per heavy atom. The molecule has 3 rings (SSSR count). The Balaban J connectivity index is 1.74. The van der Waals surface area contributed by atoms with Crippen molar-refractivity contribution in [2.45, 2.75) is 51.6 Å². The van der Waals surface area contributed by atoms with Gasteiger partial charge in [0, 0.05) is 24.7 Å². The Hall–Kier alpha value is -2.44. The molecule has 7 heteroatoms. The van der Waals surface area contributed by atoms with Crippen molar-refractivity contribution in [2.75, 3.05) is 0 Å². The molecule has 0 atom stereocenters. The summed E-state index contributed by atoms with van der Waals surface area (Å²) in [7, 11) is 0. The molecule has 1 saturated carbocycles. The number of nitrogens with one attached hydrogen (secondary N) is 1. The number of hydrogen-bond donors (Lipinski definition) is 1. The van der Waals surface area contributed by atoms with Gasteiger partial charge in [-0.15, -0.1) is 10.2 Å². The van der Waals surface area contributed by atoms with Crippen molar-refractivity contribution >= 4 is 5.91 Å². The maximum Gasteiger partial charge on any atom is 0.251 e. The Labute approximate surface area is 133 Å². The Morgan fingerprint density at radius 2 is 2.13 bits per heavy atom. The van der Waals surface area contributed by atoms with Gasteiger partial charge in [-0.05, 0) is 18.9 Å². The lowest BCUT2D eigenvalue weighted by molar-refractivity contribution is -0.122. The summed E-state index contributed by atoms with van der Waals surface area (Å²) in [6.07, 6.45) is 6.57. The van der Waals surface area contributed by atoms with Crippen LogP contribution in [-0.2, 0) is 17.8 Å². The van der Waals surface area contributed by atoms with Crippen molar-refractivity contribution in [2.24, 2.45) is 0 Å². The summed E-state index contributed by atoms with van der Waals surface area (Å²) in [5.41, 5.74) is 0.399. The standard InChI is InChI=1S/C16H20N4O3/c1-2-14-18-19-16(23-14)11-7-8-15(22)20(9-11)10-13(21)17-12-5-3-4-6-12/h7-9,12H,2-6,10H2,1H3,(H,17,21). The molecule has 23 heavy (non-hydrogen) atoms. The Morgan fingerprint density at radius 1 is 1.35 bits per heavy atom. The lowest BCUT2D eigenvalue weighted by atomic mass is 10.2. The normalized spacial score (nSPS) is 15.0. The van der Waals surface area contributed by atoms with Crippen LogP contribution in [0.1, 0.15) is 38.5 Å². The molecule has 2 aromatic rings. The van der Waals surface area contributed by atoms with Crippen LogP contribution in [0, 0.1) is 0 Å². The fourth-order valence-corrected chi connectivity index (χ4v) is 2.79. The molecule has 1 amide bonds. The van der Waals surface area contributed by atoms with E-state index in [9.17, 15) is 9.59 Å². The van der Waals surface area contributed by atoms with E-state index in [1.54, 1.807) is 12.3 Å². The molecule has 122 valence electrons. The number of aryl methyl sites for hydroxylation is 1. The smallest absolute Gasteiger partial charge is 0.251 e. The first kappa shape index (κ1) is 15.5. The molecule has 1 fully saturated rings. The molecule has 0 bridgehead atoms. The second-order valence-corrected chi connectivity index (χ2v) is 5.79. The number of nitrogens with zero attached hydrogens (tertiary/aromatic N) is 3. The predicted octanol–water partition coefficient (Wildman–Crippen LogP) is 1.52. The first-order valence-electron chi connectivity index (χ1n) is 7.98. The van der Waals surface area contributed by atoms with Crippen molar-refractivity contribution in [3.63, 3.8) is 0 Å². The molecule has 0 aromatic carbocycles. The highest BCUT2D eigenvalue weighted by molar-refractivity contribution is 5.76. The van der Waals surface area contributed by atoms with E-state index >= 15 is 0 Å². The molecule has 1 N–H and O–H groups in total. The molecule has 7 nitrogen and oxygen atoms in total. The number of hydrogen-bond acceptors (Lipinski definition) is 5. The Bertz CT molecular complexity index is 744. The van der Waals surface area contributed by atoms with Crippen LogP contribution >= 0.6 is 0 Å². The second kappa shape index (κ2) is 6.76. The molecule has 1 aliphatic carbocycles. The molecule has 2 aromatic heterocycles. The quantitative estimate of drug-likeness (QED) is 0.903. The van der Waals surface area contributed by atoms with Crippen molar-refractivity contribution in [3.8, 4) is 11.5 Å². The molecule has 1 aliphatic rings. The van der Waals surface area contributed by atoms with Crippen molar-refractivity contribution in [3.05, 3.63) is 34.6 Å². The van der Waals surface area contributed by atoms with E-state index in [1.807, 2.05) is 6.92 Å². The lowest BCUT2D eigenvalue weighted by Gasteiger charge is -2.13. The zero-order chi connectivity index (χ0) is 16.2. The molecular weight excluding hydrogens is 296 g/mol. The predicted molar refractivity (Wildman–Crippen MR) is 83.8 cm³/mol. The zero-order valence-electron chi connectivity index (χ0n) is 13.1. The first-order chi connectivity index (χ1) is 11.2. The first-order valence-corrected chi connectivity index (χ1v) is 7.98. The van der Waals surface area contributed by atoms with Gasteiger partial charge in [-0.25, -0.2) is 0 Å². The van der Waals surface area contributed by atoms with E-state index in [1.165, 1.54) is 10.6 Å². The maximum atomic E-state index is 12.1. The number of pyridine rings is 1. The lowest BCUT2D eigenvalue weighted by Crippen LogP contribution is -2.37. The van der Waals surface area contributed by atoms with Crippen LogP contribution in [0.15, 0.2) is 27.5 Å². The van der Waals surface area contributed by atoms with Crippen LogP contribution in [0.2, 0.25) is 0 Å². The average molecular weight is 316 g/mol. The third-order valence-corrected chi connectivity index (χ3v) is 4.03. The van der Waals surface area contributed by atoms with Gasteiger partial charge >= 0.3 is 0 Å². The van der Waals surface area contributed by atoms with Gasteiger partial charge in [0.25, 0.3) is 5.56 Å². The molecule has 0 spiro atoms. The van der Waals surface area contributed by atoms with Gasteiger partial charge in [-0.1, -0.05) is 19.8 Å². The van der Waals surface area contributed by atoms with Crippen LogP contribution in [-0.4, -0.2) is 26.7 Å². The van der Waals surface area contributed by atoms with E-state index < -0.39 is 0 Å². The highest BCUT2D eigenvalue weighted by Crippen LogP contribution is 2.18. The molecule has 2 heterocycles. The minimum atomic E-state index is -0.231. The van der Waals surface area contributed by atoms with Crippen molar-refractivity contribution in [1.82, 2.24) is 20.1 Å². The molecule has 0 aliphatic heterocycles. The molecule has 0 saturated heterocycles. The molecule has 0 unspecified atom stereocenters. The highest BCUT2D eigenvalue weighted by Gasteiger charge is 2.17. The number of aromatic nitrogens is 3. The van der Waals surface area contributed by atoms with Crippen LogP contribution in [0.3, 0.4) is 0 Å². The van der Waals surface area contributed by atoms with Crippen LogP contribution < -0.4 is 10.9 Å². The monoisotopic (exact) mass is 316 g/mol. The zero-order valence-corrected chi connectivity index (χ0v) is 13.1. The fraction of sp³-hybridized carbons (Fsp3) is 0.500. The van der Waals surface area contributed by atoms with Gasteiger partial charge in [-0.2, -0.15) is 0 Å². The minimum Gasteiger partial charge on any atom is -0.421 e. The van der Waals surface area contributed by atoms with Gasteiger partial charge in [0.15, 0.2) is 0 Å². The van der Waals surface area contributed by atoms with E-state index in [2.05, 4.69) is 15.5 Å². The molecular formula is C16H20N4O3. The van der Waals surface area contributed by atoms with E-state index in [0.717, 1.165) is 25.7 Å². The van der Waals surface area contributed by atoms with Crippen LogP contribution in [0.5, 0.6) is 0 Å². The Kier molecular flexibility index (Phi) is 4.55. The second-order valence-electron chi connectivity index (χ2n) is 5.79. The summed E-state index contributed by atoms with van der Waals surface area (Å²) in [4.78, 5) is 24.0. The number of amides is 1. The number of carbonyl (C=O) groups is 1. The third-order valence-electron chi connectivity index (χ3n) is 4.03. The highest BCUT2D eigenvalue weighted by atomic mass is 16.4. The maximum absolute atomic E-state index is 12.1. The van der Waals surface area contributed by atoms with Gasteiger partial charge < -0.3 is 14.3 Å².